The second-order valence-corrected chi connectivity index (χ2v) is 6.61. The molecular weight excluding hydrogens is 383 g/mol. The van der Waals surface area contributed by atoms with Crippen LogP contribution in [-0.4, -0.2) is 38.9 Å². The van der Waals surface area contributed by atoms with Gasteiger partial charge in [0.15, 0.2) is 0 Å². The Morgan fingerprint density at radius 3 is 2.67 bits per heavy atom. The molecule has 0 unspecified atom stereocenters. The zero-order chi connectivity index (χ0) is 19.4. The fourth-order valence-electron chi connectivity index (χ4n) is 2.36. The Labute approximate surface area is 156 Å². The fourth-order valence-corrected chi connectivity index (χ4v) is 3.19. The van der Waals surface area contributed by atoms with E-state index in [4.69, 9.17) is 4.74 Å². The molecule has 27 heavy (non-hydrogen) atoms. The minimum absolute atomic E-state index is 0.0676. The van der Waals surface area contributed by atoms with Crippen LogP contribution < -0.4 is 10.1 Å². The average Bonchev–Trinajstić information content (AvgIpc) is 3.16. The quantitative estimate of drug-likeness (QED) is 0.660. The Hall–Kier alpha value is -2.69. The van der Waals surface area contributed by atoms with E-state index in [9.17, 15) is 18.0 Å². The number of amides is 1. The van der Waals surface area contributed by atoms with E-state index in [1.165, 1.54) is 0 Å². The van der Waals surface area contributed by atoms with Gasteiger partial charge in [-0.05, 0) is 24.6 Å². The highest BCUT2D eigenvalue weighted by Gasteiger charge is 2.38. The number of benzene rings is 1. The lowest BCUT2D eigenvalue weighted by atomic mass is 10.1. The van der Waals surface area contributed by atoms with Gasteiger partial charge >= 0.3 is 6.18 Å². The summed E-state index contributed by atoms with van der Waals surface area (Å²) in [6, 6.07) is 7.21. The summed E-state index contributed by atoms with van der Waals surface area (Å²) in [5.41, 5.74) is 0.838. The van der Waals surface area contributed by atoms with Gasteiger partial charge in [-0.25, -0.2) is 0 Å². The number of hydrogen-bond donors (Lipinski definition) is 1. The molecule has 144 valence electrons. The lowest BCUT2D eigenvalue weighted by Gasteiger charge is -2.06. The van der Waals surface area contributed by atoms with Gasteiger partial charge in [0.1, 0.15) is 10.8 Å². The van der Waals surface area contributed by atoms with Crippen molar-refractivity contribution in [3.05, 3.63) is 40.7 Å². The Balaban J connectivity index is 1.51. The minimum Gasteiger partial charge on any atom is -0.494 e. The van der Waals surface area contributed by atoms with Crippen LogP contribution in [0.3, 0.4) is 0 Å². The van der Waals surface area contributed by atoms with Crippen molar-refractivity contribution in [2.75, 3.05) is 13.2 Å². The van der Waals surface area contributed by atoms with Crippen molar-refractivity contribution < 1.29 is 22.7 Å². The molecule has 3 rings (SSSR count). The molecule has 11 heteroatoms. The smallest absolute Gasteiger partial charge is 0.453 e. The van der Waals surface area contributed by atoms with E-state index in [2.05, 4.69) is 20.6 Å². The van der Waals surface area contributed by atoms with E-state index in [-0.39, 0.29) is 23.8 Å². The van der Waals surface area contributed by atoms with Gasteiger partial charge in [-0.2, -0.15) is 22.8 Å². The largest absolute Gasteiger partial charge is 0.494 e. The summed E-state index contributed by atoms with van der Waals surface area (Å²) in [6.07, 6.45) is -4.10. The molecule has 1 aromatic carbocycles. The molecule has 3 aromatic rings. The van der Waals surface area contributed by atoms with Crippen molar-refractivity contribution in [3.63, 3.8) is 0 Å². The lowest BCUT2D eigenvalue weighted by molar-refractivity contribution is -0.146. The molecular formula is C16H16F3N5O2S. The van der Waals surface area contributed by atoms with Crippen LogP contribution in [0.25, 0.3) is 4.96 Å². The van der Waals surface area contributed by atoms with E-state index >= 15 is 0 Å². The molecule has 0 aliphatic heterocycles. The van der Waals surface area contributed by atoms with Gasteiger partial charge in [0, 0.05) is 13.0 Å². The molecule has 0 saturated heterocycles. The molecule has 0 radical (unpaired) electrons. The maximum absolute atomic E-state index is 12.8. The van der Waals surface area contributed by atoms with E-state index in [0.717, 1.165) is 22.6 Å². The Morgan fingerprint density at radius 1 is 1.26 bits per heavy atom. The molecule has 2 aromatic heterocycles. The first-order chi connectivity index (χ1) is 12.9. The molecule has 1 amide bonds. The lowest BCUT2D eigenvalue weighted by Crippen LogP contribution is -2.27. The van der Waals surface area contributed by atoms with Gasteiger partial charge in [-0.3, -0.25) is 4.79 Å². The summed E-state index contributed by atoms with van der Waals surface area (Å²) in [6.45, 7) is 2.73. The molecule has 0 bridgehead atoms. The number of halogens is 3. The van der Waals surface area contributed by atoms with Crippen molar-refractivity contribution in [2.24, 2.45) is 0 Å². The maximum Gasteiger partial charge on any atom is 0.453 e. The topological polar surface area (TPSA) is 81.4 Å². The molecule has 0 aliphatic rings. The summed E-state index contributed by atoms with van der Waals surface area (Å²) < 4.78 is 44.3. The molecule has 1 N–H and O–H groups in total. The first-order valence-corrected chi connectivity index (χ1v) is 8.95. The van der Waals surface area contributed by atoms with Crippen LogP contribution in [0.1, 0.15) is 23.3 Å². The predicted octanol–water partition coefficient (Wildman–Crippen LogP) is 2.50. The van der Waals surface area contributed by atoms with Crippen LogP contribution in [0.4, 0.5) is 13.2 Å². The number of hydrogen-bond acceptors (Lipinski definition) is 6. The highest BCUT2D eigenvalue weighted by atomic mass is 32.1. The number of aromatic nitrogens is 4. The number of fused-ring (bicyclic) bond motifs is 1. The third kappa shape index (κ3) is 4.73. The van der Waals surface area contributed by atoms with E-state index in [1.54, 1.807) is 12.1 Å². The second-order valence-electron chi connectivity index (χ2n) is 5.57. The second kappa shape index (κ2) is 7.91. The number of nitrogens with zero attached hydrogens (tertiary/aromatic N) is 4. The summed E-state index contributed by atoms with van der Waals surface area (Å²) in [5.74, 6) is -0.596. The van der Waals surface area contributed by atoms with E-state index in [0.29, 0.717) is 22.6 Å². The minimum atomic E-state index is -4.61. The normalized spacial score (nSPS) is 11.7. The summed E-state index contributed by atoms with van der Waals surface area (Å²) >= 11 is 1.01. The Morgan fingerprint density at radius 2 is 2.00 bits per heavy atom. The summed E-state index contributed by atoms with van der Waals surface area (Å²) in [7, 11) is 0. The third-order valence-corrected chi connectivity index (χ3v) is 4.50. The molecule has 0 fully saturated rings. The number of alkyl halides is 3. The molecule has 0 aliphatic carbocycles. The molecule has 0 saturated carbocycles. The third-order valence-electron chi connectivity index (χ3n) is 3.55. The van der Waals surface area contributed by atoms with Crippen LogP contribution in [0, 0.1) is 0 Å². The molecule has 0 atom stereocenters. The van der Waals surface area contributed by atoms with Gasteiger partial charge in [0.25, 0.3) is 5.82 Å². The summed E-state index contributed by atoms with van der Waals surface area (Å²) in [5, 5.41) is 13.6. The van der Waals surface area contributed by atoms with Crippen LogP contribution in [0.15, 0.2) is 24.3 Å². The number of carbonyl (C=O) groups excluding carboxylic acids is 1. The van der Waals surface area contributed by atoms with Crippen LogP contribution in [-0.2, 0) is 23.8 Å². The standard InChI is InChI=1S/C16H16F3N5O2S/c1-2-26-11-5-3-10(4-6-11)9-12(25)20-8-7-13-23-24-14(16(17,18)19)21-22-15(24)27-13/h3-6H,2,7-9H2,1H3,(H,20,25). The molecule has 7 nitrogen and oxygen atoms in total. The van der Waals surface area contributed by atoms with Crippen molar-refractivity contribution >= 4 is 22.2 Å². The van der Waals surface area contributed by atoms with Gasteiger partial charge in [-0.15, -0.1) is 10.2 Å². The monoisotopic (exact) mass is 399 g/mol. The van der Waals surface area contributed by atoms with Crippen LogP contribution in [0.2, 0.25) is 0 Å². The van der Waals surface area contributed by atoms with Crippen molar-refractivity contribution in [3.8, 4) is 5.75 Å². The number of ether oxygens (including phenoxy) is 1. The average molecular weight is 399 g/mol. The van der Waals surface area contributed by atoms with Gasteiger partial charge in [0.2, 0.25) is 10.9 Å². The summed E-state index contributed by atoms with van der Waals surface area (Å²) in [4.78, 5) is 12.1. The maximum atomic E-state index is 12.8. The van der Waals surface area contributed by atoms with E-state index in [1.807, 2.05) is 19.1 Å². The Bertz CT molecular complexity index is 920. The predicted molar refractivity (Wildman–Crippen MR) is 91.7 cm³/mol. The van der Waals surface area contributed by atoms with Gasteiger partial charge in [0.05, 0.1) is 13.0 Å². The van der Waals surface area contributed by atoms with Gasteiger partial charge < -0.3 is 10.1 Å². The zero-order valence-corrected chi connectivity index (χ0v) is 15.1. The first-order valence-electron chi connectivity index (χ1n) is 8.13. The van der Waals surface area contributed by atoms with Gasteiger partial charge in [-0.1, -0.05) is 23.5 Å². The number of rotatable bonds is 7. The number of nitrogens with one attached hydrogen (secondary N) is 1. The van der Waals surface area contributed by atoms with Crippen molar-refractivity contribution in [2.45, 2.75) is 25.9 Å². The van der Waals surface area contributed by atoms with Crippen molar-refractivity contribution in [1.82, 2.24) is 25.1 Å². The molecule has 0 spiro atoms. The fraction of sp³-hybridized carbons (Fsp3) is 0.375. The number of carbonyl (C=O) groups is 1. The highest BCUT2D eigenvalue weighted by molar-refractivity contribution is 7.16. The van der Waals surface area contributed by atoms with E-state index < -0.39 is 12.0 Å². The SMILES string of the molecule is CCOc1ccc(CC(=O)NCCc2nn3c(C(F)(F)F)nnc3s2)cc1. The highest BCUT2D eigenvalue weighted by Crippen LogP contribution is 2.28. The first kappa shape index (κ1) is 19.1. The van der Waals surface area contributed by atoms with Crippen LogP contribution in [0.5, 0.6) is 5.75 Å². The zero-order valence-electron chi connectivity index (χ0n) is 14.3. The van der Waals surface area contributed by atoms with Crippen molar-refractivity contribution in [1.29, 1.82) is 0 Å². The van der Waals surface area contributed by atoms with Crippen LogP contribution >= 0.6 is 11.3 Å². The Kier molecular flexibility index (Phi) is 5.59. The molecule has 2 heterocycles.